The summed E-state index contributed by atoms with van der Waals surface area (Å²) in [5.41, 5.74) is 0. The van der Waals surface area contributed by atoms with E-state index in [1.807, 2.05) is 0 Å². The van der Waals surface area contributed by atoms with Gasteiger partial charge in [-0.2, -0.15) is 9.78 Å². The number of hydrogen-bond donors (Lipinski definition) is 1. The molecule has 2 heterocycles. The van der Waals surface area contributed by atoms with E-state index in [9.17, 15) is 0 Å². The van der Waals surface area contributed by atoms with Crippen molar-refractivity contribution in [3.05, 3.63) is 22.7 Å². The first-order chi connectivity index (χ1) is 6.31. The van der Waals surface area contributed by atoms with Crippen LogP contribution in [0.5, 0.6) is 0 Å². The molecule has 0 spiro atoms. The number of aliphatic hydroxyl groups is 1. The molecule has 0 radical (unpaired) electrons. The molecule has 2 aromatic rings. The van der Waals surface area contributed by atoms with Gasteiger partial charge in [0.2, 0.25) is 5.13 Å². The van der Waals surface area contributed by atoms with Gasteiger partial charge in [-0.25, -0.2) is 9.97 Å². The van der Waals surface area contributed by atoms with Gasteiger partial charge in [0.25, 0.3) is 0 Å². The maximum Gasteiger partial charge on any atom is 0.213 e. The number of aromatic nitrogens is 4. The summed E-state index contributed by atoms with van der Waals surface area (Å²) < 4.78 is 1.50. The highest BCUT2D eigenvalue weighted by atomic mass is 35.5. The highest BCUT2D eigenvalue weighted by Gasteiger charge is 2.09. The Balaban J connectivity index is 2.43. The second-order valence-electron chi connectivity index (χ2n) is 2.21. The molecule has 7 heteroatoms. The van der Waals surface area contributed by atoms with E-state index >= 15 is 0 Å². The summed E-state index contributed by atoms with van der Waals surface area (Å²) in [5.74, 6) is 0. The van der Waals surface area contributed by atoms with Crippen LogP contribution in [0.25, 0.3) is 5.13 Å². The number of hydrogen-bond acceptors (Lipinski definition) is 5. The normalized spacial score (nSPS) is 10.6. The lowest BCUT2D eigenvalue weighted by molar-refractivity contribution is 0.285. The Bertz CT molecular complexity index is 399. The van der Waals surface area contributed by atoms with Crippen molar-refractivity contribution in [2.24, 2.45) is 0 Å². The van der Waals surface area contributed by atoms with E-state index in [-0.39, 0.29) is 6.61 Å². The summed E-state index contributed by atoms with van der Waals surface area (Å²) in [4.78, 5) is 8.42. The second kappa shape index (κ2) is 3.41. The van der Waals surface area contributed by atoms with E-state index in [0.717, 1.165) is 0 Å². The molecule has 0 saturated heterocycles. The smallest absolute Gasteiger partial charge is 0.213 e. The number of nitrogens with zero attached hydrogens (tertiary/aromatic N) is 4. The molecule has 0 bridgehead atoms. The topological polar surface area (TPSA) is 63.8 Å². The van der Waals surface area contributed by atoms with Crippen LogP contribution in [0.15, 0.2) is 12.7 Å². The molecule has 0 amide bonds. The molecular weight excluding hydrogens is 212 g/mol. The van der Waals surface area contributed by atoms with Gasteiger partial charge in [0.1, 0.15) is 17.8 Å². The molecule has 68 valence electrons. The number of thiazole rings is 1. The van der Waals surface area contributed by atoms with Crippen molar-refractivity contribution < 1.29 is 5.11 Å². The molecule has 1 N–H and O–H groups in total. The Morgan fingerprint density at radius 1 is 1.62 bits per heavy atom. The molecule has 0 fully saturated rings. The van der Waals surface area contributed by atoms with Crippen molar-refractivity contribution in [1.29, 1.82) is 0 Å². The van der Waals surface area contributed by atoms with Crippen molar-refractivity contribution in [3.8, 4) is 5.13 Å². The Morgan fingerprint density at radius 2 is 2.46 bits per heavy atom. The van der Waals surface area contributed by atoms with E-state index in [1.165, 1.54) is 28.7 Å². The van der Waals surface area contributed by atoms with E-state index in [2.05, 4.69) is 15.1 Å². The first-order valence-corrected chi connectivity index (χ1v) is 4.62. The Morgan fingerprint density at radius 3 is 3.00 bits per heavy atom. The van der Waals surface area contributed by atoms with E-state index < -0.39 is 0 Å². The van der Waals surface area contributed by atoms with E-state index in [4.69, 9.17) is 16.7 Å². The molecule has 0 aromatic carbocycles. The third kappa shape index (κ3) is 1.55. The maximum atomic E-state index is 8.87. The Kier molecular flexibility index (Phi) is 2.26. The van der Waals surface area contributed by atoms with Crippen molar-refractivity contribution in [3.63, 3.8) is 0 Å². The summed E-state index contributed by atoms with van der Waals surface area (Å²) >= 11 is 7.02. The fourth-order valence-electron chi connectivity index (χ4n) is 0.824. The van der Waals surface area contributed by atoms with Crippen LogP contribution < -0.4 is 0 Å². The molecule has 5 nitrogen and oxygen atoms in total. The Labute approximate surface area is 82.6 Å². The lowest BCUT2D eigenvalue weighted by Crippen LogP contribution is -1.91. The fourth-order valence-corrected chi connectivity index (χ4v) is 1.87. The highest BCUT2D eigenvalue weighted by Crippen LogP contribution is 2.24. The molecule has 0 atom stereocenters. The van der Waals surface area contributed by atoms with Gasteiger partial charge in [0, 0.05) is 0 Å². The summed E-state index contributed by atoms with van der Waals surface area (Å²) in [7, 11) is 0. The van der Waals surface area contributed by atoms with Crippen LogP contribution in [0.4, 0.5) is 0 Å². The van der Waals surface area contributed by atoms with Gasteiger partial charge in [-0.1, -0.05) is 22.9 Å². The monoisotopic (exact) mass is 216 g/mol. The molecule has 13 heavy (non-hydrogen) atoms. The lowest BCUT2D eigenvalue weighted by atomic mass is 10.6. The second-order valence-corrected chi connectivity index (χ2v) is 3.63. The zero-order valence-corrected chi connectivity index (χ0v) is 7.96. The summed E-state index contributed by atoms with van der Waals surface area (Å²) in [6, 6.07) is 0. The quantitative estimate of drug-likeness (QED) is 0.809. The highest BCUT2D eigenvalue weighted by molar-refractivity contribution is 7.14. The third-order valence-electron chi connectivity index (χ3n) is 1.40. The predicted octanol–water partition coefficient (Wildman–Crippen LogP) is 0.869. The van der Waals surface area contributed by atoms with Crippen LogP contribution in [0.3, 0.4) is 0 Å². The number of halogens is 1. The van der Waals surface area contributed by atoms with Gasteiger partial charge in [-0.15, -0.1) is 0 Å². The Hall–Kier alpha value is -0.980. The van der Waals surface area contributed by atoms with Crippen LogP contribution in [-0.2, 0) is 6.61 Å². The molecule has 0 aliphatic carbocycles. The van der Waals surface area contributed by atoms with Gasteiger partial charge in [-0.05, 0) is 0 Å². The number of aliphatic hydroxyl groups excluding tert-OH is 1. The van der Waals surface area contributed by atoms with E-state index in [0.29, 0.717) is 15.2 Å². The summed E-state index contributed by atoms with van der Waals surface area (Å²) in [5, 5.41) is 13.7. The molecule has 0 saturated carbocycles. The summed E-state index contributed by atoms with van der Waals surface area (Å²) in [6.45, 7) is -0.106. The first-order valence-electron chi connectivity index (χ1n) is 3.42. The largest absolute Gasteiger partial charge is 0.391 e. The van der Waals surface area contributed by atoms with E-state index in [1.54, 1.807) is 0 Å². The van der Waals surface area contributed by atoms with Gasteiger partial charge < -0.3 is 5.11 Å². The zero-order valence-electron chi connectivity index (χ0n) is 6.38. The molecule has 0 aliphatic rings. The molecule has 2 rings (SSSR count). The minimum atomic E-state index is -0.106. The molecule has 0 aliphatic heterocycles. The average Bonchev–Trinajstić information content (AvgIpc) is 2.71. The van der Waals surface area contributed by atoms with Crippen LogP contribution in [-0.4, -0.2) is 24.9 Å². The zero-order chi connectivity index (χ0) is 9.26. The molecule has 0 unspecified atom stereocenters. The minimum absolute atomic E-state index is 0.106. The molecule has 2 aromatic heterocycles. The third-order valence-corrected chi connectivity index (χ3v) is 2.85. The van der Waals surface area contributed by atoms with Crippen LogP contribution in [0.1, 0.15) is 4.88 Å². The van der Waals surface area contributed by atoms with Crippen molar-refractivity contribution in [1.82, 2.24) is 19.7 Å². The van der Waals surface area contributed by atoms with Crippen molar-refractivity contribution in [2.45, 2.75) is 6.61 Å². The van der Waals surface area contributed by atoms with Crippen molar-refractivity contribution in [2.75, 3.05) is 0 Å². The van der Waals surface area contributed by atoms with Crippen LogP contribution in [0.2, 0.25) is 5.15 Å². The lowest BCUT2D eigenvalue weighted by Gasteiger charge is -1.88. The van der Waals surface area contributed by atoms with Gasteiger partial charge >= 0.3 is 0 Å². The van der Waals surface area contributed by atoms with Crippen LogP contribution >= 0.6 is 22.9 Å². The van der Waals surface area contributed by atoms with Gasteiger partial charge in [-0.3, -0.25) is 0 Å². The predicted molar refractivity (Wildman–Crippen MR) is 48.0 cm³/mol. The van der Waals surface area contributed by atoms with Gasteiger partial charge in [0.05, 0.1) is 11.5 Å². The molecular formula is C6H5ClN4OS. The summed E-state index contributed by atoms with van der Waals surface area (Å²) in [6.07, 6.45) is 2.93. The average molecular weight is 217 g/mol. The first kappa shape index (κ1) is 8.61. The maximum absolute atomic E-state index is 8.87. The number of rotatable bonds is 2. The fraction of sp³-hybridized carbons (Fsp3) is 0.167. The van der Waals surface area contributed by atoms with Crippen molar-refractivity contribution >= 4 is 22.9 Å². The minimum Gasteiger partial charge on any atom is -0.391 e. The van der Waals surface area contributed by atoms with Gasteiger partial charge in [0.15, 0.2) is 0 Å². The SMILES string of the molecule is OCc1sc(-n2cncn2)nc1Cl. The van der Waals surface area contributed by atoms with Crippen LogP contribution in [0, 0.1) is 0 Å². The standard InChI is InChI=1S/C6H5ClN4OS/c7-5-4(1-12)13-6(10-5)11-3-8-2-9-11/h2-3,12H,1H2.